The number of hydrogen-bond acceptors (Lipinski definition) is 3. The average molecular weight is 119 g/mol. The molecule has 0 unspecified atom stereocenters. The van der Waals surface area contributed by atoms with Crippen LogP contribution in [0.15, 0.2) is 17.3 Å². The fourth-order valence-electron chi connectivity index (χ4n) is 0.847. The first-order chi connectivity index (χ1) is 4.47. The Labute approximate surface area is 51.8 Å². The molecule has 1 aliphatic rings. The maximum Gasteiger partial charge on any atom is 0.177 e. The molecule has 3 nitrogen and oxygen atoms in total. The van der Waals surface area contributed by atoms with Gasteiger partial charge >= 0.3 is 0 Å². The molecule has 1 aliphatic heterocycles. The Morgan fingerprint density at radius 2 is 2.44 bits per heavy atom. The van der Waals surface area contributed by atoms with Gasteiger partial charge in [0.2, 0.25) is 0 Å². The number of nitrogens with zero attached hydrogens (tertiary/aromatic N) is 3. The Hall–Kier alpha value is -1.25. The van der Waals surface area contributed by atoms with Gasteiger partial charge < -0.3 is 0 Å². The van der Waals surface area contributed by atoms with Gasteiger partial charge in [-0.3, -0.25) is 4.99 Å². The summed E-state index contributed by atoms with van der Waals surface area (Å²) in [6, 6.07) is 1.92. The molecule has 0 bridgehead atoms. The van der Waals surface area contributed by atoms with Crippen molar-refractivity contribution in [2.45, 2.75) is 0 Å². The van der Waals surface area contributed by atoms with E-state index in [2.05, 4.69) is 15.2 Å². The number of hydrogen-bond donors (Lipinski definition) is 0. The van der Waals surface area contributed by atoms with Gasteiger partial charge in [-0.05, 0) is 6.07 Å². The molecule has 0 fully saturated rings. The van der Waals surface area contributed by atoms with E-state index in [1.54, 1.807) is 6.20 Å². The second-order valence-electron chi connectivity index (χ2n) is 1.85. The van der Waals surface area contributed by atoms with Crippen molar-refractivity contribution < 1.29 is 0 Å². The van der Waals surface area contributed by atoms with Crippen molar-refractivity contribution in [3.63, 3.8) is 0 Å². The van der Waals surface area contributed by atoms with Gasteiger partial charge in [0, 0.05) is 5.22 Å². The van der Waals surface area contributed by atoms with E-state index in [0.29, 0.717) is 0 Å². The molecule has 2 heterocycles. The summed E-state index contributed by atoms with van der Waals surface area (Å²) >= 11 is 0. The fourth-order valence-corrected chi connectivity index (χ4v) is 0.847. The van der Waals surface area contributed by atoms with Crippen LogP contribution in [-0.2, 0) is 0 Å². The molecule has 1 aromatic rings. The summed E-state index contributed by atoms with van der Waals surface area (Å²) in [4.78, 5) is 4.07. The van der Waals surface area contributed by atoms with Gasteiger partial charge in [-0.2, -0.15) is 5.10 Å². The third-order valence-electron chi connectivity index (χ3n) is 1.28. The zero-order chi connectivity index (χ0) is 6.10. The van der Waals surface area contributed by atoms with Crippen molar-refractivity contribution in [3.8, 4) is 0 Å². The first-order valence-corrected chi connectivity index (χ1v) is 2.79. The summed E-state index contributed by atoms with van der Waals surface area (Å²) in [5.74, 6) is 0. The zero-order valence-corrected chi connectivity index (χ0v) is 4.78. The lowest BCUT2D eigenvalue weighted by molar-refractivity contribution is 0.938. The molecule has 0 atom stereocenters. The van der Waals surface area contributed by atoms with Crippen molar-refractivity contribution in [2.24, 2.45) is 4.99 Å². The maximum atomic E-state index is 4.07. The molecular formula is C6H5N3. The van der Waals surface area contributed by atoms with E-state index < -0.39 is 0 Å². The minimum absolute atomic E-state index is 0.758. The van der Waals surface area contributed by atoms with E-state index in [9.17, 15) is 0 Å². The van der Waals surface area contributed by atoms with Gasteiger partial charge in [0.1, 0.15) is 0 Å². The summed E-state index contributed by atoms with van der Waals surface area (Å²) < 4.78 is 0. The third-order valence-corrected chi connectivity index (χ3v) is 1.28. The summed E-state index contributed by atoms with van der Waals surface area (Å²) in [6.07, 6.45) is 3.71. The van der Waals surface area contributed by atoms with E-state index in [0.717, 1.165) is 17.3 Å². The zero-order valence-electron chi connectivity index (χ0n) is 4.78. The standard InChI is InChI=1S/C6H5N3/c1-3-7-6-5(1)2-4-8-9-6/h1-2,4H,3H2. The normalized spacial score (nSPS) is 13.8. The van der Waals surface area contributed by atoms with Crippen LogP contribution in [0.1, 0.15) is 0 Å². The molecule has 9 heavy (non-hydrogen) atoms. The van der Waals surface area contributed by atoms with Crippen LogP contribution in [-0.4, -0.2) is 16.7 Å². The van der Waals surface area contributed by atoms with Crippen LogP contribution in [0.5, 0.6) is 0 Å². The average Bonchev–Trinajstić information content (AvgIpc) is 2.33. The Morgan fingerprint density at radius 1 is 1.44 bits per heavy atom. The van der Waals surface area contributed by atoms with Gasteiger partial charge in [0.05, 0.1) is 12.7 Å². The van der Waals surface area contributed by atoms with Crippen molar-refractivity contribution in [1.29, 1.82) is 0 Å². The predicted octanol–water partition coefficient (Wildman–Crippen LogP) is -1.11. The quantitative estimate of drug-likeness (QED) is 0.434. The van der Waals surface area contributed by atoms with Gasteiger partial charge in [-0.15, -0.1) is 5.10 Å². The first-order valence-electron chi connectivity index (χ1n) is 2.79. The summed E-state index contributed by atoms with van der Waals surface area (Å²) in [5.41, 5.74) is 0.775. The Balaban J connectivity index is 2.97. The van der Waals surface area contributed by atoms with Crippen LogP contribution in [0.4, 0.5) is 0 Å². The SMILES string of the molecule is C1=c2ccnnc2=NC1. The first kappa shape index (κ1) is 4.61. The van der Waals surface area contributed by atoms with Crippen LogP contribution in [0.3, 0.4) is 0 Å². The highest BCUT2D eigenvalue weighted by Gasteiger charge is 1.91. The predicted molar refractivity (Wildman–Crippen MR) is 32.1 cm³/mol. The van der Waals surface area contributed by atoms with Crippen LogP contribution in [0.2, 0.25) is 0 Å². The van der Waals surface area contributed by atoms with Crippen molar-refractivity contribution in [1.82, 2.24) is 10.2 Å². The van der Waals surface area contributed by atoms with Crippen LogP contribution in [0.25, 0.3) is 6.08 Å². The second kappa shape index (κ2) is 1.62. The second-order valence-corrected chi connectivity index (χ2v) is 1.85. The highest BCUT2D eigenvalue weighted by molar-refractivity contribution is 5.25. The number of fused-ring (bicyclic) bond motifs is 1. The van der Waals surface area contributed by atoms with Gasteiger partial charge in [-0.25, -0.2) is 0 Å². The molecule has 0 N–H and O–H groups in total. The highest BCUT2D eigenvalue weighted by atomic mass is 15.1. The lowest BCUT2D eigenvalue weighted by Crippen LogP contribution is -2.25. The molecule has 0 saturated carbocycles. The molecule has 0 spiro atoms. The maximum absolute atomic E-state index is 4.07. The molecule has 0 saturated heterocycles. The number of rotatable bonds is 0. The molecule has 0 radical (unpaired) electrons. The molecule has 44 valence electrons. The monoisotopic (exact) mass is 119 g/mol. The summed E-state index contributed by atoms with van der Waals surface area (Å²) in [7, 11) is 0. The van der Waals surface area contributed by atoms with E-state index in [1.807, 2.05) is 12.1 Å². The summed E-state index contributed by atoms with van der Waals surface area (Å²) in [6.45, 7) is 0.758. The molecule has 2 rings (SSSR count). The van der Waals surface area contributed by atoms with E-state index >= 15 is 0 Å². The van der Waals surface area contributed by atoms with E-state index in [-0.39, 0.29) is 0 Å². The van der Waals surface area contributed by atoms with Crippen LogP contribution in [0, 0.1) is 0 Å². The molecule has 0 aliphatic carbocycles. The van der Waals surface area contributed by atoms with Gasteiger partial charge in [-0.1, -0.05) is 6.08 Å². The third kappa shape index (κ3) is 0.614. The number of aromatic nitrogens is 2. The smallest absolute Gasteiger partial charge is 0.177 e. The van der Waals surface area contributed by atoms with Crippen LogP contribution >= 0.6 is 0 Å². The molecule has 3 heteroatoms. The topological polar surface area (TPSA) is 38.1 Å². The Bertz CT molecular complexity index is 295. The fraction of sp³-hybridized carbons (Fsp3) is 0.167. The lowest BCUT2D eigenvalue weighted by Gasteiger charge is -1.76. The largest absolute Gasteiger partial charge is 0.260 e. The molecular weight excluding hydrogens is 114 g/mol. The molecule has 0 aromatic carbocycles. The van der Waals surface area contributed by atoms with E-state index in [1.165, 1.54) is 0 Å². The summed E-state index contributed by atoms with van der Waals surface area (Å²) in [5, 5.41) is 8.61. The van der Waals surface area contributed by atoms with E-state index in [4.69, 9.17) is 0 Å². The Kier molecular flexibility index (Phi) is 0.828. The highest BCUT2D eigenvalue weighted by Crippen LogP contribution is 1.73. The van der Waals surface area contributed by atoms with Crippen LogP contribution < -0.4 is 10.7 Å². The minimum Gasteiger partial charge on any atom is -0.260 e. The Morgan fingerprint density at radius 3 is 3.33 bits per heavy atom. The van der Waals surface area contributed by atoms with Gasteiger partial charge in [0.15, 0.2) is 5.49 Å². The molecule has 0 amide bonds. The molecule has 1 aromatic heterocycles. The van der Waals surface area contributed by atoms with Crippen molar-refractivity contribution in [3.05, 3.63) is 23.0 Å². The van der Waals surface area contributed by atoms with Crippen molar-refractivity contribution >= 4 is 6.08 Å². The lowest BCUT2D eigenvalue weighted by atomic mass is 10.4. The van der Waals surface area contributed by atoms with Crippen molar-refractivity contribution in [2.75, 3.05) is 6.54 Å². The minimum atomic E-state index is 0.758. The van der Waals surface area contributed by atoms with Gasteiger partial charge in [0.25, 0.3) is 0 Å².